The number of methoxy groups -OCH3 is 1. The molecule has 1 aliphatic rings. The van der Waals surface area contributed by atoms with Gasteiger partial charge in [-0.2, -0.15) is 5.10 Å². The van der Waals surface area contributed by atoms with Gasteiger partial charge in [-0.3, -0.25) is 9.58 Å². The summed E-state index contributed by atoms with van der Waals surface area (Å²) in [7, 11) is 3.37. The van der Waals surface area contributed by atoms with Crippen molar-refractivity contribution < 1.29 is 9.53 Å². The Morgan fingerprint density at radius 3 is 3.00 bits per heavy atom. The Balaban J connectivity index is 1.82. The molecule has 0 aromatic carbocycles. The van der Waals surface area contributed by atoms with Gasteiger partial charge < -0.3 is 4.74 Å². The van der Waals surface area contributed by atoms with Crippen molar-refractivity contribution in [2.45, 2.75) is 45.7 Å². The minimum atomic E-state index is -0.347. The van der Waals surface area contributed by atoms with Crippen molar-refractivity contribution in [1.82, 2.24) is 19.7 Å². The van der Waals surface area contributed by atoms with Gasteiger partial charge in [-0.25, -0.2) is 9.78 Å². The number of ether oxygens (including phenoxy) is 1. The van der Waals surface area contributed by atoms with Crippen LogP contribution in [0.5, 0.6) is 0 Å². The molecule has 6 nitrogen and oxygen atoms in total. The average Bonchev–Trinajstić information content (AvgIpc) is 3.25. The van der Waals surface area contributed by atoms with Gasteiger partial charge in [-0.05, 0) is 32.7 Å². The lowest BCUT2D eigenvalue weighted by Crippen LogP contribution is -2.23. The predicted octanol–water partition coefficient (Wildman–Crippen LogP) is 2.87. The largest absolute Gasteiger partial charge is 0.464 e. The molecule has 0 bridgehead atoms. The van der Waals surface area contributed by atoms with E-state index < -0.39 is 0 Å². The van der Waals surface area contributed by atoms with E-state index in [-0.39, 0.29) is 12.0 Å². The van der Waals surface area contributed by atoms with Gasteiger partial charge >= 0.3 is 5.97 Å². The van der Waals surface area contributed by atoms with Crippen molar-refractivity contribution in [2.24, 2.45) is 7.05 Å². The Morgan fingerprint density at radius 2 is 2.29 bits per heavy atom. The molecule has 0 spiro atoms. The molecule has 0 radical (unpaired) electrons. The van der Waals surface area contributed by atoms with Gasteiger partial charge in [0.05, 0.1) is 18.8 Å². The van der Waals surface area contributed by atoms with Gasteiger partial charge in [0.2, 0.25) is 0 Å². The molecule has 0 aliphatic carbocycles. The third-order valence-electron chi connectivity index (χ3n) is 4.54. The maximum Gasteiger partial charge on any atom is 0.357 e. The molecule has 130 valence electrons. The molecule has 2 aromatic rings. The van der Waals surface area contributed by atoms with E-state index in [1.807, 2.05) is 18.7 Å². The Bertz CT molecular complexity index is 737. The van der Waals surface area contributed by atoms with Gasteiger partial charge in [0.1, 0.15) is 5.01 Å². The Hall–Kier alpha value is -1.73. The van der Waals surface area contributed by atoms with E-state index in [4.69, 9.17) is 4.74 Å². The number of hydrogen-bond acceptors (Lipinski definition) is 6. The smallest absolute Gasteiger partial charge is 0.357 e. The van der Waals surface area contributed by atoms with Gasteiger partial charge in [-0.1, -0.05) is 6.92 Å². The molecule has 0 unspecified atom stereocenters. The molecule has 3 rings (SSSR count). The molecule has 3 heterocycles. The zero-order valence-corrected chi connectivity index (χ0v) is 15.5. The Kier molecular flexibility index (Phi) is 5.01. The summed E-state index contributed by atoms with van der Waals surface area (Å²) in [6, 6.07) is 0.275. The van der Waals surface area contributed by atoms with E-state index in [0.717, 1.165) is 47.9 Å². The molecular weight excluding hydrogens is 324 g/mol. The first kappa shape index (κ1) is 17.1. The highest BCUT2D eigenvalue weighted by molar-refractivity contribution is 7.11. The molecule has 0 saturated carbocycles. The topological polar surface area (TPSA) is 60.2 Å². The summed E-state index contributed by atoms with van der Waals surface area (Å²) in [6.45, 7) is 6.01. The lowest BCUT2D eigenvalue weighted by atomic mass is 10.2. The second-order valence-electron chi connectivity index (χ2n) is 6.21. The minimum absolute atomic E-state index is 0.275. The van der Waals surface area contributed by atoms with E-state index in [1.165, 1.54) is 12.7 Å². The summed E-state index contributed by atoms with van der Waals surface area (Å²) in [5.41, 5.74) is 2.90. The van der Waals surface area contributed by atoms with Crippen LogP contribution in [0.25, 0.3) is 0 Å². The van der Waals surface area contributed by atoms with Crippen LogP contribution in [0.2, 0.25) is 0 Å². The van der Waals surface area contributed by atoms with Crippen LogP contribution in [-0.2, 0) is 24.8 Å². The number of rotatable bonds is 5. The van der Waals surface area contributed by atoms with Crippen molar-refractivity contribution in [2.75, 3.05) is 13.7 Å². The van der Waals surface area contributed by atoms with Crippen LogP contribution in [0.3, 0.4) is 0 Å². The van der Waals surface area contributed by atoms with Crippen LogP contribution in [0.4, 0.5) is 0 Å². The second kappa shape index (κ2) is 7.03. The van der Waals surface area contributed by atoms with Crippen LogP contribution < -0.4 is 0 Å². The highest BCUT2D eigenvalue weighted by Crippen LogP contribution is 2.36. The van der Waals surface area contributed by atoms with Gasteiger partial charge in [0, 0.05) is 30.2 Å². The maximum atomic E-state index is 11.8. The number of carbonyl (C=O) groups is 1. The summed E-state index contributed by atoms with van der Waals surface area (Å²) >= 11 is 1.61. The third kappa shape index (κ3) is 3.23. The molecule has 2 aromatic heterocycles. The molecule has 24 heavy (non-hydrogen) atoms. The first-order valence-electron chi connectivity index (χ1n) is 8.34. The predicted molar refractivity (Wildman–Crippen MR) is 93.2 cm³/mol. The Morgan fingerprint density at radius 1 is 1.50 bits per heavy atom. The number of aryl methyl sites for hydroxylation is 3. The van der Waals surface area contributed by atoms with Crippen LogP contribution in [0.15, 0.2) is 6.20 Å². The van der Waals surface area contributed by atoms with Gasteiger partial charge in [0.25, 0.3) is 0 Å². The van der Waals surface area contributed by atoms with Crippen molar-refractivity contribution in [3.05, 3.63) is 33.0 Å². The van der Waals surface area contributed by atoms with Crippen LogP contribution >= 0.6 is 11.3 Å². The van der Waals surface area contributed by atoms with Gasteiger partial charge in [0.15, 0.2) is 5.69 Å². The SMILES string of the molecule is CCc1nn(C)cc1CN1CCC[C@@H]1c1nc(C(=O)OC)c(C)s1. The molecule has 1 aliphatic heterocycles. The normalized spacial score (nSPS) is 18.2. The van der Waals surface area contributed by atoms with Crippen LogP contribution in [0.1, 0.15) is 57.4 Å². The number of likely N-dealkylation sites (tertiary alicyclic amines) is 1. The number of aromatic nitrogens is 3. The molecule has 1 saturated heterocycles. The fraction of sp³-hybridized carbons (Fsp3) is 0.588. The van der Waals surface area contributed by atoms with E-state index in [2.05, 4.69) is 28.1 Å². The van der Waals surface area contributed by atoms with Crippen LogP contribution in [0, 0.1) is 6.92 Å². The number of hydrogen-bond donors (Lipinski definition) is 0. The lowest BCUT2D eigenvalue weighted by Gasteiger charge is -2.22. The number of thiazole rings is 1. The molecule has 0 N–H and O–H groups in total. The summed E-state index contributed by atoms with van der Waals surface area (Å²) in [6.07, 6.45) is 5.28. The van der Waals surface area contributed by atoms with Crippen molar-refractivity contribution in [1.29, 1.82) is 0 Å². The van der Waals surface area contributed by atoms with Crippen LogP contribution in [-0.4, -0.2) is 39.3 Å². The fourth-order valence-electron chi connectivity index (χ4n) is 3.37. The number of carbonyl (C=O) groups excluding carboxylic acids is 1. The first-order chi connectivity index (χ1) is 11.5. The highest BCUT2D eigenvalue weighted by atomic mass is 32.1. The Labute approximate surface area is 146 Å². The molecule has 0 amide bonds. The zero-order chi connectivity index (χ0) is 17.3. The van der Waals surface area contributed by atoms with E-state index in [1.54, 1.807) is 11.3 Å². The molecular formula is C17H24N4O2S. The van der Waals surface area contributed by atoms with Crippen molar-refractivity contribution in [3.63, 3.8) is 0 Å². The number of esters is 1. The quantitative estimate of drug-likeness (QED) is 0.778. The van der Waals surface area contributed by atoms with E-state index >= 15 is 0 Å². The summed E-state index contributed by atoms with van der Waals surface area (Å²) in [5, 5.41) is 5.56. The molecule has 1 fully saturated rings. The van der Waals surface area contributed by atoms with Crippen molar-refractivity contribution >= 4 is 17.3 Å². The summed E-state index contributed by atoms with van der Waals surface area (Å²) in [4.78, 5) is 19.8. The van der Waals surface area contributed by atoms with Gasteiger partial charge in [-0.15, -0.1) is 11.3 Å². The maximum absolute atomic E-state index is 11.8. The monoisotopic (exact) mass is 348 g/mol. The zero-order valence-electron chi connectivity index (χ0n) is 14.7. The minimum Gasteiger partial charge on any atom is -0.464 e. The first-order valence-corrected chi connectivity index (χ1v) is 9.16. The summed E-state index contributed by atoms with van der Waals surface area (Å²) < 4.78 is 6.72. The summed E-state index contributed by atoms with van der Waals surface area (Å²) in [5.74, 6) is -0.347. The fourth-order valence-corrected chi connectivity index (χ4v) is 4.45. The van der Waals surface area contributed by atoms with E-state index in [9.17, 15) is 4.79 Å². The average molecular weight is 348 g/mol. The third-order valence-corrected chi connectivity index (χ3v) is 5.61. The molecule has 1 atom stereocenters. The molecule has 7 heteroatoms. The second-order valence-corrected chi connectivity index (χ2v) is 7.44. The number of nitrogens with zero attached hydrogens (tertiary/aromatic N) is 4. The highest BCUT2D eigenvalue weighted by Gasteiger charge is 2.31. The van der Waals surface area contributed by atoms with E-state index in [0.29, 0.717) is 5.69 Å². The lowest BCUT2D eigenvalue weighted by molar-refractivity contribution is 0.0593. The van der Waals surface area contributed by atoms with Crippen molar-refractivity contribution in [3.8, 4) is 0 Å². The standard InChI is InChI=1S/C17H24N4O2S/c1-5-13-12(9-20(3)19-13)10-21-8-6-7-14(21)16-18-15(11(2)24-16)17(22)23-4/h9,14H,5-8,10H2,1-4H3/t14-/m1/s1.